The van der Waals surface area contributed by atoms with E-state index in [1.165, 1.54) is 12.1 Å². The quantitative estimate of drug-likeness (QED) is 0.582. The van der Waals surface area contributed by atoms with Gasteiger partial charge in [0.2, 0.25) is 0 Å². The second-order valence-electron chi connectivity index (χ2n) is 5.88. The van der Waals surface area contributed by atoms with Crippen LogP contribution in [0, 0.1) is 0 Å². The molecule has 0 unspecified atom stereocenters. The number of thiophene rings is 1. The summed E-state index contributed by atoms with van der Waals surface area (Å²) < 4.78 is 30.5. The number of carbonyl (C=O) groups is 1. The van der Waals surface area contributed by atoms with E-state index in [-0.39, 0.29) is 10.1 Å². The van der Waals surface area contributed by atoms with Gasteiger partial charge in [0.25, 0.3) is 5.91 Å². The second-order valence-corrected chi connectivity index (χ2v) is 9.20. The summed E-state index contributed by atoms with van der Waals surface area (Å²) in [5, 5.41) is 6.89. The Morgan fingerprint density at radius 3 is 2.70 bits per heavy atom. The second kappa shape index (κ2) is 8.47. The molecule has 3 aromatic rings. The number of hydrogen-bond donors (Lipinski definition) is 1. The highest BCUT2D eigenvalue weighted by atomic mass is 32.2. The van der Waals surface area contributed by atoms with Gasteiger partial charge < -0.3 is 10.1 Å². The molecule has 1 N–H and O–H groups in total. The summed E-state index contributed by atoms with van der Waals surface area (Å²) in [4.78, 5) is 12.6. The van der Waals surface area contributed by atoms with Crippen molar-refractivity contribution >= 4 is 32.8 Å². The Kier molecular flexibility index (Phi) is 6.04. The van der Waals surface area contributed by atoms with Crippen LogP contribution in [-0.4, -0.2) is 37.0 Å². The van der Waals surface area contributed by atoms with Crippen LogP contribution < -0.4 is 5.32 Å². The Morgan fingerprint density at radius 1 is 1.22 bits per heavy atom. The van der Waals surface area contributed by atoms with Gasteiger partial charge in [0.1, 0.15) is 4.21 Å². The molecule has 0 aliphatic carbocycles. The largest absolute Gasteiger partial charge is 0.375 e. The fourth-order valence-electron chi connectivity index (χ4n) is 2.31. The van der Waals surface area contributed by atoms with Crippen molar-refractivity contribution in [1.82, 2.24) is 9.78 Å². The Bertz CT molecular complexity index is 1010. The zero-order valence-corrected chi connectivity index (χ0v) is 16.3. The van der Waals surface area contributed by atoms with Crippen molar-refractivity contribution in [2.24, 2.45) is 0 Å². The van der Waals surface area contributed by atoms with Crippen molar-refractivity contribution in [3.63, 3.8) is 0 Å². The Balaban J connectivity index is 1.49. The van der Waals surface area contributed by atoms with Crippen LogP contribution >= 0.6 is 11.3 Å². The number of nitrogens with zero attached hydrogens (tertiary/aromatic N) is 2. The maximum absolute atomic E-state index is 12.2. The zero-order valence-electron chi connectivity index (χ0n) is 14.7. The van der Waals surface area contributed by atoms with Gasteiger partial charge in [-0.3, -0.25) is 9.48 Å². The highest BCUT2D eigenvalue weighted by Gasteiger charge is 2.15. The summed E-state index contributed by atoms with van der Waals surface area (Å²) >= 11 is 0.942. The van der Waals surface area contributed by atoms with E-state index in [1.54, 1.807) is 17.1 Å². The van der Waals surface area contributed by atoms with Gasteiger partial charge in [-0.15, -0.1) is 11.3 Å². The van der Waals surface area contributed by atoms with E-state index in [1.807, 2.05) is 30.3 Å². The van der Waals surface area contributed by atoms with Crippen molar-refractivity contribution in [1.29, 1.82) is 0 Å². The minimum Gasteiger partial charge on any atom is -0.375 e. The Labute approximate surface area is 161 Å². The molecule has 0 atom stereocenters. The average Bonchev–Trinajstić information content (AvgIpc) is 3.29. The minimum absolute atomic E-state index is 0.166. The van der Waals surface area contributed by atoms with Gasteiger partial charge in [-0.2, -0.15) is 5.10 Å². The maximum Gasteiger partial charge on any atom is 0.265 e. The maximum atomic E-state index is 12.2. The molecular weight excluding hydrogens is 386 g/mol. The van der Waals surface area contributed by atoms with E-state index >= 15 is 0 Å². The van der Waals surface area contributed by atoms with Crippen molar-refractivity contribution in [3.8, 4) is 0 Å². The highest BCUT2D eigenvalue weighted by molar-refractivity contribution is 7.92. The number of hydrogen-bond acceptors (Lipinski definition) is 6. The van der Waals surface area contributed by atoms with E-state index < -0.39 is 9.84 Å². The molecule has 3 rings (SSSR count). The monoisotopic (exact) mass is 405 g/mol. The van der Waals surface area contributed by atoms with E-state index in [0.717, 1.165) is 23.2 Å². The number of benzene rings is 1. The molecular formula is C18H19N3O4S2. The predicted octanol–water partition coefficient (Wildman–Crippen LogP) is 2.82. The van der Waals surface area contributed by atoms with Crippen LogP contribution in [0.3, 0.4) is 0 Å². The zero-order chi connectivity index (χ0) is 19.3. The highest BCUT2D eigenvalue weighted by Crippen LogP contribution is 2.22. The summed E-state index contributed by atoms with van der Waals surface area (Å²) in [5.41, 5.74) is 1.65. The van der Waals surface area contributed by atoms with Crippen LogP contribution in [0.2, 0.25) is 0 Å². The van der Waals surface area contributed by atoms with Crippen molar-refractivity contribution < 1.29 is 17.9 Å². The number of sulfone groups is 1. The molecule has 0 aliphatic heterocycles. The molecule has 7 nitrogen and oxygen atoms in total. The van der Waals surface area contributed by atoms with Crippen molar-refractivity contribution in [2.75, 3.05) is 18.2 Å². The third kappa shape index (κ3) is 5.49. The van der Waals surface area contributed by atoms with Crippen LogP contribution in [-0.2, 0) is 27.7 Å². The molecule has 2 aromatic heterocycles. The number of carbonyl (C=O) groups excluding carboxylic acids is 1. The lowest BCUT2D eigenvalue weighted by molar-refractivity contribution is 0.103. The molecule has 142 valence electrons. The third-order valence-electron chi connectivity index (χ3n) is 3.64. The summed E-state index contributed by atoms with van der Waals surface area (Å²) in [6, 6.07) is 12.8. The van der Waals surface area contributed by atoms with Crippen molar-refractivity contribution in [3.05, 3.63) is 65.3 Å². The van der Waals surface area contributed by atoms with Gasteiger partial charge in [-0.25, -0.2) is 8.42 Å². The van der Waals surface area contributed by atoms with E-state index in [9.17, 15) is 13.2 Å². The molecule has 0 spiro atoms. The number of anilines is 1. The van der Waals surface area contributed by atoms with E-state index in [4.69, 9.17) is 4.74 Å². The van der Waals surface area contributed by atoms with Crippen LogP contribution in [0.25, 0.3) is 0 Å². The van der Waals surface area contributed by atoms with Gasteiger partial charge >= 0.3 is 0 Å². The van der Waals surface area contributed by atoms with Crippen LogP contribution in [0.1, 0.15) is 15.2 Å². The molecule has 2 heterocycles. The first-order chi connectivity index (χ1) is 12.9. The summed E-state index contributed by atoms with van der Waals surface area (Å²) in [6.07, 6.45) is 4.36. The number of rotatable bonds is 8. The lowest BCUT2D eigenvalue weighted by Crippen LogP contribution is -2.10. The first-order valence-electron chi connectivity index (χ1n) is 8.17. The smallest absolute Gasteiger partial charge is 0.265 e. The molecule has 0 aliphatic rings. The van der Waals surface area contributed by atoms with Crippen LogP contribution in [0.4, 0.5) is 5.69 Å². The molecule has 0 radical (unpaired) electrons. The number of amides is 1. The first kappa shape index (κ1) is 19.3. The third-order valence-corrected chi connectivity index (χ3v) is 6.54. The Hall–Kier alpha value is -2.49. The molecule has 0 fully saturated rings. The molecule has 9 heteroatoms. The normalized spacial score (nSPS) is 11.4. The minimum atomic E-state index is -3.31. The molecule has 0 saturated heterocycles. The SMILES string of the molecule is CS(=O)(=O)c1ccc(C(=O)Nc2cnn(CCOCc3ccccc3)c2)s1. The summed E-state index contributed by atoms with van der Waals surface area (Å²) in [6.45, 7) is 1.58. The molecule has 0 bridgehead atoms. The molecule has 1 aromatic carbocycles. The van der Waals surface area contributed by atoms with Gasteiger partial charge in [0, 0.05) is 12.5 Å². The fraction of sp³-hybridized carbons (Fsp3) is 0.222. The summed E-state index contributed by atoms with van der Waals surface area (Å²) in [5.74, 6) is -0.366. The first-order valence-corrected chi connectivity index (χ1v) is 10.9. The standard InChI is InChI=1S/C18H19N3O4S2/c1-27(23,24)17-8-7-16(26-17)18(22)20-15-11-19-21(12-15)9-10-25-13-14-5-3-2-4-6-14/h2-8,11-12H,9-10,13H2,1H3,(H,20,22). The number of aromatic nitrogens is 2. The lowest BCUT2D eigenvalue weighted by Gasteiger charge is -2.04. The summed E-state index contributed by atoms with van der Waals surface area (Å²) in [7, 11) is -3.31. The van der Waals surface area contributed by atoms with Gasteiger partial charge in [-0.05, 0) is 17.7 Å². The number of ether oxygens (including phenoxy) is 1. The van der Waals surface area contributed by atoms with Gasteiger partial charge in [-0.1, -0.05) is 30.3 Å². The van der Waals surface area contributed by atoms with Crippen LogP contribution in [0.5, 0.6) is 0 Å². The van der Waals surface area contributed by atoms with Gasteiger partial charge in [0.05, 0.1) is 36.5 Å². The lowest BCUT2D eigenvalue weighted by atomic mass is 10.2. The molecule has 1 amide bonds. The van der Waals surface area contributed by atoms with Crippen LogP contribution in [0.15, 0.2) is 59.1 Å². The van der Waals surface area contributed by atoms with Crippen molar-refractivity contribution in [2.45, 2.75) is 17.4 Å². The molecule has 0 saturated carbocycles. The topological polar surface area (TPSA) is 90.3 Å². The van der Waals surface area contributed by atoms with E-state index in [2.05, 4.69) is 10.4 Å². The molecule has 27 heavy (non-hydrogen) atoms. The number of nitrogens with one attached hydrogen (secondary N) is 1. The Morgan fingerprint density at radius 2 is 2.00 bits per heavy atom. The van der Waals surface area contributed by atoms with Gasteiger partial charge in [0.15, 0.2) is 9.84 Å². The van der Waals surface area contributed by atoms with E-state index in [0.29, 0.717) is 30.3 Å². The predicted molar refractivity (Wildman–Crippen MR) is 104 cm³/mol. The fourth-order valence-corrected chi connectivity index (χ4v) is 4.13. The average molecular weight is 406 g/mol.